The van der Waals surface area contributed by atoms with Crippen molar-refractivity contribution >= 4 is 21.9 Å². The zero-order valence-electron chi connectivity index (χ0n) is 7.66. The van der Waals surface area contributed by atoms with Crippen LogP contribution >= 0.6 is 9.12 Å². The molecule has 2 atom stereocenters. The van der Waals surface area contributed by atoms with Gasteiger partial charge in [-0.3, -0.25) is 4.79 Å². The zero-order chi connectivity index (χ0) is 9.68. The van der Waals surface area contributed by atoms with Crippen LogP contribution in [0.25, 0.3) is 0 Å². The van der Waals surface area contributed by atoms with Gasteiger partial charge in [-0.15, -0.1) is 0 Å². The Bertz CT molecular complexity index is 278. The Kier molecular flexibility index (Phi) is 3.97. The van der Waals surface area contributed by atoms with Crippen LogP contribution in [-0.4, -0.2) is 12.8 Å². The largest absolute Gasteiger partial charge is 0.358 e. The Hall–Kier alpha value is -0.815. The quantitative estimate of drug-likeness (QED) is 0.574. The predicted octanol–water partition coefficient (Wildman–Crippen LogP) is 1.68. The van der Waals surface area contributed by atoms with Crippen LogP contribution in [0.3, 0.4) is 0 Å². The summed E-state index contributed by atoms with van der Waals surface area (Å²) in [6.45, 7) is 2.44. The SMILES string of the molecule is C[C@H](NC(=O)BP)c1ccccc1. The molecule has 0 radical (unpaired) electrons. The summed E-state index contributed by atoms with van der Waals surface area (Å²) in [4.78, 5) is 11.1. The fraction of sp³-hybridized carbons (Fsp3) is 0.222. The monoisotopic (exact) mass is 193 g/mol. The van der Waals surface area contributed by atoms with Crippen LogP contribution in [0.4, 0.5) is 4.79 Å². The van der Waals surface area contributed by atoms with Gasteiger partial charge in [0, 0.05) is 0 Å². The first-order valence-electron chi connectivity index (χ1n) is 4.28. The summed E-state index contributed by atoms with van der Waals surface area (Å²) in [6.07, 6.45) is 0. The number of amides is 1. The maximum atomic E-state index is 11.1. The minimum Gasteiger partial charge on any atom is -0.358 e. The minimum absolute atomic E-state index is 0.0568. The van der Waals surface area contributed by atoms with Gasteiger partial charge in [0.1, 0.15) is 0 Å². The van der Waals surface area contributed by atoms with Crippen molar-refractivity contribution in [1.29, 1.82) is 0 Å². The van der Waals surface area contributed by atoms with Crippen molar-refractivity contribution in [1.82, 2.24) is 5.32 Å². The van der Waals surface area contributed by atoms with Crippen molar-refractivity contribution < 1.29 is 4.79 Å². The maximum absolute atomic E-state index is 11.1. The summed E-state index contributed by atoms with van der Waals surface area (Å²) in [7, 11) is 2.41. The molecule has 0 aliphatic heterocycles. The third kappa shape index (κ3) is 3.20. The van der Waals surface area contributed by atoms with Crippen molar-refractivity contribution in [3.63, 3.8) is 0 Å². The molecule has 1 aromatic carbocycles. The number of hydrogen-bond acceptors (Lipinski definition) is 1. The standard InChI is InChI=1S/C9H13BNOP/c1-7(11-9(12)10-13)8-5-3-2-4-6-8/h2-7,10H,13H2,1H3,(H,11,12)/t7-/m0/s1. The second kappa shape index (κ2) is 5.03. The van der Waals surface area contributed by atoms with E-state index in [4.69, 9.17) is 0 Å². The molecule has 0 heterocycles. The second-order valence-electron chi connectivity index (χ2n) is 2.90. The van der Waals surface area contributed by atoms with Crippen LogP contribution in [0.1, 0.15) is 18.5 Å². The molecule has 0 spiro atoms. The van der Waals surface area contributed by atoms with Gasteiger partial charge in [0.05, 0.1) is 6.04 Å². The van der Waals surface area contributed by atoms with Gasteiger partial charge < -0.3 is 5.32 Å². The third-order valence-electron chi connectivity index (χ3n) is 1.86. The average Bonchev–Trinajstić information content (AvgIpc) is 2.19. The minimum atomic E-state index is 0.0568. The lowest BCUT2D eigenvalue weighted by Gasteiger charge is -2.13. The first-order chi connectivity index (χ1) is 6.24. The molecule has 1 unspecified atom stereocenters. The van der Waals surface area contributed by atoms with Crippen LogP contribution in [0.15, 0.2) is 30.3 Å². The van der Waals surface area contributed by atoms with E-state index in [9.17, 15) is 4.79 Å². The molecule has 0 saturated carbocycles. The number of hydrogen-bond donors (Lipinski definition) is 1. The van der Waals surface area contributed by atoms with Gasteiger partial charge in [0.2, 0.25) is 0 Å². The number of carbonyl (C=O) groups excluding carboxylic acids is 1. The summed E-state index contributed by atoms with van der Waals surface area (Å²) in [5, 5.41) is 2.89. The number of carbonyl (C=O) groups is 1. The van der Waals surface area contributed by atoms with Gasteiger partial charge in [-0.2, -0.15) is 9.12 Å². The molecule has 0 aromatic heterocycles. The van der Waals surface area contributed by atoms with E-state index in [1.807, 2.05) is 37.3 Å². The highest BCUT2D eigenvalue weighted by Crippen LogP contribution is 2.10. The molecule has 0 fully saturated rings. The van der Waals surface area contributed by atoms with Crippen molar-refractivity contribution in [2.45, 2.75) is 13.0 Å². The van der Waals surface area contributed by atoms with E-state index in [0.717, 1.165) is 5.56 Å². The van der Waals surface area contributed by atoms with Crippen molar-refractivity contribution in [2.24, 2.45) is 0 Å². The molecule has 1 amide bonds. The smallest absolute Gasteiger partial charge is 0.256 e. The maximum Gasteiger partial charge on any atom is 0.256 e. The summed E-state index contributed by atoms with van der Waals surface area (Å²) in [6, 6.07) is 10.0. The first kappa shape index (κ1) is 10.3. The van der Waals surface area contributed by atoms with Gasteiger partial charge in [0.15, 0.2) is 5.81 Å². The molecule has 1 aromatic rings. The average molecular weight is 193 g/mol. The highest BCUT2D eigenvalue weighted by molar-refractivity contribution is 7.62. The Morgan fingerprint density at radius 1 is 1.46 bits per heavy atom. The second-order valence-corrected chi connectivity index (χ2v) is 3.31. The van der Waals surface area contributed by atoms with Crippen molar-refractivity contribution in [3.05, 3.63) is 35.9 Å². The van der Waals surface area contributed by atoms with E-state index in [0.29, 0.717) is 7.00 Å². The molecule has 0 aliphatic rings. The van der Waals surface area contributed by atoms with E-state index in [2.05, 4.69) is 14.4 Å². The fourth-order valence-corrected chi connectivity index (χ4v) is 1.24. The Morgan fingerprint density at radius 2 is 2.08 bits per heavy atom. The molecule has 4 heteroatoms. The lowest BCUT2D eigenvalue weighted by atomic mass is 10.0. The van der Waals surface area contributed by atoms with E-state index in [1.165, 1.54) is 0 Å². The molecule has 68 valence electrons. The lowest BCUT2D eigenvalue weighted by Crippen LogP contribution is -2.27. The van der Waals surface area contributed by atoms with Gasteiger partial charge >= 0.3 is 0 Å². The first-order valence-corrected chi connectivity index (χ1v) is 5.10. The molecular weight excluding hydrogens is 180 g/mol. The number of nitrogens with one attached hydrogen (secondary N) is 1. The van der Waals surface area contributed by atoms with E-state index in [-0.39, 0.29) is 11.8 Å². The van der Waals surface area contributed by atoms with Gasteiger partial charge in [-0.1, -0.05) is 30.3 Å². The normalized spacial score (nSPS) is 11.8. The van der Waals surface area contributed by atoms with Crippen LogP contribution in [0, 0.1) is 0 Å². The lowest BCUT2D eigenvalue weighted by molar-refractivity contribution is 0.257. The molecule has 0 saturated heterocycles. The highest BCUT2D eigenvalue weighted by atomic mass is 31.0. The van der Waals surface area contributed by atoms with Crippen LogP contribution in [0.2, 0.25) is 0 Å². The van der Waals surface area contributed by atoms with Crippen LogP contribution in [-0.2, 0) is 0 Å². The molecule has 13 heavy (non-hydrogen) atoms. The Balaban J connectivity index is 2.59. The number of rotatable bonds is 3. The summed E-state index contributed by atoms with van der Waals surface area (Å²) < 4.78 is 0. The predicted molar refractivity (Wildman–Crippen MR) is 60.2 cm³/mol. The molecule has 0 bridgehead atoms. The molecule has 0 aliphatic carbocycles. The van der Waals surface area contributed by atoms with Crippen molar-refractivity contribution in [3.8, 4) is 0 Å². The van der Waals surface area contributed by atoms with Gasteiger partial charge in [0.25, 0.3) is 7.00 Å². The van der Waals surface area contributed by atoms with Crippen molar-refractivity contribution in [2.75, 3.05) is 0 Å². The molecule has 1 rings (SSSR count). The molecule has 2 nitrogen and oxygen atoms in total. The summed E-state index contributed by atoms with van der Waals surface area (Å²) in [5.41, 5.74) is 1.13. The van der Waals surface area contributed by atoms with E-state index >= 15 is 0 Å². The highest BCUT2D eigenvalue weighted by Gasteiger charge is 2.06. The number of benzene rings is 1. The fourth-order valence-electron chi connectivity index (χ4n) is 1.13. The summed E-state index contributed by atoms with van der Waals surface area (Å²) >= 11 is 0. The Morgan fingerprint density at radius 3 is 2.62 bits per heavy atom. The zero-order valence-corrected chi connectivity index (χ0v) is 8.81. The van der Waals surface area contributed by atoms with Gasteiger partial charge in [-0.05, 0) is 12.5 Å². The van der Waals surface area contributed by atoms with E-state index < -0.39 is 0 Å². The topological polar surface area (TPSA) is 29.1 Å². The Labute approximate surface area is 81.5 Å². The third-order valence-corrected chi connectivity index (χ3v) is 2.23. The van der Waals surface area contributed by atoms with Gasteiger partial charge in [-0.25, -0.2) is 0 Å². The molecule has 1 N–H and O–H groups in total. The van der Waals surface area contributed by atoms with E-state index in [1.54, 1.807) is 0 Å². The molecular formula is C9H13BNOP. The summed E-state index contributed by atoms with van der Waals surface area (Å²) in [5.74, 6) is 0.0568. The van der Waals surface area contributed by atoms with Crippen LogP contribution in [0.5, 0.6) is 0 Å². The van der Waals surface area contributed by atoms with Crippen LogP contribution < -0.4 is 5.32 Å².